The number of aliphatic carboxylic acids is 1. The number of rotatable bonds is 7. The van der Waals surface area contributed by atoms with Crippen molar-refractivity contribution in [3.05, 3.63) is 44.3 Å². The Hall–Kier alpha value is -3.55. The van der Waals surface area contributed by atoms with E-state index in [1.54, 1.807) is 0 Å². The van der Waals surface area contributed by atoms with Crippen molar-refractivity contribution in [1.82, 2.24) is 15.2 Å². The third-order valence-electron chi connectivity index (χ3n) is 4.11. The Morgan fingerprint density at radius 1 is 1.57 bits per heavy atom. The summed E-state index contributed by atoms with van der Waals surface area (Å²) in [4.78, 5) is 49.7. The highest BCUT2D eigenvalue weighted by Gasteiger charge is 2.55. The van der Waals surface area contributed by atoms with Crippen molar-refractivity contribution in [2.45, 2.75) is 11.4 Å². The van der Waals surface area contributed by atoms with Gasteiger partial charge in [-0.2, -0.15) is 0 Å². The SMILES string of the molecule is C=C1S[C@@H]2[C@H](NC(=O)/C(=N\OC)c3csc(N)n3)C(=O)N2C(C(=O)O)=C1CN=[N+]=[N-]. The number of nitrogen functional groups attached to an aromatic ring is 1. The molecule has 2 aliphatic rings. The number of carbonyl (C=O) groups is 3. The van der Waals surface area contributed by atoms with Gasteiger partial charge in [-0.25, -0.2) is 9.78 Å². The number of aromatic nitrogens is 1. The van der Waals surface area contributed by atoms with Crippen LogP contribution < -0.4 is 11.1 Å². The number of nitrogens with one attached hydrogen (secondary N) is 1. The maximum absolute atomic E-state index is 12.7. The van der Waals surface area contributed by atoms with Crippen LogP contribution in [0.5, 0.6) is 0 Å². The third kappa shape index (κ3) is 3.68. The van der Waals surface area contributed by atoms with E-state index in [1.165, 1.54) is 12.5 Å². The van der Waals surface area contributed by atoms with Crippen LogP contribution in [0.15, 0.2) is 38.4 Å². The second-order valence-corrected chi connectivity index (χ2v) is 7.91. The van der Waals surface area contributed by atoms with Gasteiger partial charge in [-0.05, 0) is 5.53 Å². The zero-order chi connectivity index (χ0) is 22.0. The van der Waals surface area contributed by atoms with Crippen LogP contribution in [0.2, 0.25) is 0 Å². The smallest absolute Gasteiger partial charge is 0.352 e. The fourth-order valence-corrected chi connectivity index (χ4v) is 4.63. The molecule has 0 saturated carbocycles. The summed E-state index contributed by atoms with van der Waals surface area (Å²) in [6.45, 7) is 3.52. The van der Waals surface area contributed by atoms with Crippen LogP contribution in [-0.4, -0.2) is 63.6 Å². The predicted octanol–water partition coefficient (Wildman–Crippen LogP) is 0.638. The van der Waals surface area contributed by atoms with E-state index in [-0.39, 0.29) is 34.4 Å². The molecule has 2 aliphatic heterocycles. The van der Waals surface area contributed by atoms with E-state index < -0.39 is 29.2 Å². The molecule has 1 aromatic heterocycles. The lowest BCUT2D eigenvalue weighted by Crippen LogP contribution is -2.71. The topological polar surface area (TPSA) is 196 Å². The lowest BCUT2D eigenvalue weighted by atomic mass is 10.0. The number of carboxylic acids is 1. The zero-order valence-electron chi connectivity index (χ0n) is 15.3. The minimum atomic E-state index is -1.37. The van der Waals surface area contributed by atoms with E-state index >= 15 is 0 Å². The number of amides is 2. The molecule has 1 aromatic rings. The maximum Gasteiger partial charge on any atom is 0.352 e. The van der Waals surface area contributed by atoms with Crippen LogP contribution in [0, 0.1) is 0 Å². The normalized spacial score (nSPS) is 20.8. The lowest BCUT2D eigenvalue weighted by molar-refractivity contribution is -0.150. The summed E-state index contributed by atoms with van der Waals surface area (Å²) in [5.74, 6) is -2.76. The lowest BCUT2D eigenvalue weighted by Gasteiger charge is -2.49. The van der Waals surface area contributed by atoms with Crippen molar-refractivity contribution >= 4 is 51.7 Å². The fraction of sp³-hybridized carbons (Fsp3) is 0.267. The van der Waals surface area contributed by atoms with E-state index in [0.29, 0.717) is 4.91 Å². The average Bonchev–Trinajstić information content (AvgIpc) is 3.14. The number of hydrogen-bond donors (Lipinski definition) is 3. The second-order valence-electron chi connectivity index (χ2n) is 5.81. The first-order valence-electron chi connectivity index (χ1n) is 8.09. The molecular formula is C15H14N8O5S2. The molecule has 156 valence electrons. The number of fused-ring (bicyclic) bond motifs is 1. The molecule has 0 unspecified atom stereocenters. The predicted molar refractivity (Wildman–Crippen MR) is 108 cm³/mol. The zero-order valence-corrected chi connectivity index (χ0v) is 16.9. The molecule has 13 nitrogen and oxygen atoms in total. The molecule has 2 amide bonds. The first kappa shape index (κ1) is 21.2. The summed E-state index contributed by atoms with van der Waals surface area (Å²) in [5.41, 5.74) is 13.9. The van der Waals surface area contributed by atoms with Crippen LogP contribution in [0.4, 0.5) is 5.13 Å². The van der Waals surface area contributed by atoms with Crippen molar-refractivity contribution in [3.63, 3.8) is 0 Å². The highest BCUT2D eigenvalue weighted by atomic mass is 32.2. The van der Waals surface area contributed by atoms with Gasteiger partial charge in [0.15, 0.2) is 10.8 Å². The molecule has 3 rings (SSSR count). The van der Waals surface area contributed by atoms with Gasteiger partial charge in [0.1, 0.15) is 29.9 Å². The molecule has 0 bridgehead atoms. The molecule has 2 atom stereocenters. The van der Waals surface area contributed by atoms with Gasteiger partial charge in [0.25, 0.3) is 11.8 Å². The molecule has 0 spiro atoms. The average molecular weight is 450 g/mol. The van der Waals surface area contributed by atoms with Crippen LogP contribution in [0.25, 0.3) is 10.4 Å². The molecule has 0 aromatic carbocycles. The van der Waals surface area contributed by atoms with E-state index in [1.807, 2.05) is 0 Å². The van der Waals surface area contributed by atoms with Crippen molar-refractivity contribution < 1.29 is 24.3 Å². The minimum absolute atomic E-state index is 0.138. The first-order chi connectivity index (χ1) is 14.3. The first-order valence-corrected chi connectivity index (χ1v) is 9.85. The van der Waals surface area contributed by atoms with Crippen LogP contribution in [0.1, 0.15) is 5.69 Å². The molecule has 0 radical (unpaired) electrons. The molecule has 1 fully saturated rings. The minimum Gasteiger partial charge on any atom is -0.477 e. The highest BCUT2D eigenvalue weighted by molar-refractivity contribution is 8.04. The van der Waals surface area contributed by atoms with Gasteiger partial charge in [-0.15, -0.1) is 11.3 Å². The molecule has 3 heterocycles. The Morgan fingerprint density at radius 3 is 2.87 bits per heavy atom. The number of carbonyl (C=O) groups excluding carboxylic acids is 2. The molecule has 30 heavy (non-hydrogen) atoms. The maximum atomic E-state index is 12.7. The van der Waals surface area contributed by atoms with E-state index in [2.05, 4.69) is 36.9 Å². The molecule has 1 saturated heterocycles. The van der Waals surface area contributed by atoms with Crippen molar-refractivity contribution in [2.75, 3.05) is 19.4 Å². The summed E-state index contributed by atoms with van der Waals surface area (Å²) in [5, 5.41) is 20.1. The van der Waals surface area contributed by atoms with Gasteiger partial charge < -0.3 is 21.0 Å². The van der Waals surface area contributed by atoms with Crippen molar-refractivity contribution in [3.8, 4) is 0 Å². The molecule has 0 aliphatic carbocycles. The van der Waals surface area contributed by atoms with Gasteiger partial charge in [0, 0.05) is 20.8 Å². The number of azide groups is 1. The number of oxime groups is 1. The van der Waals surface area contributed by atoms with E-state index in [9.17, 15) is 19.5 Å². The Bertz CT molecular complexity index is 1060. The second kappa shape index (κ2) is 8.44. The molecule has 4 N–H and O–H groups in total. The van der Waals surface area contributed by atoms with Crippen molar-refractivity contribution in [1.29, 1.82) is 0 Å². The number of nitrogens with zero attached hydrogens (tertiary/aromatic N) is 6. The summed E-state index contributed by atoms with van der Waals surface area (Å²) < 4.78 is 0. The summed E-state index contributed by atoms with van der Waals surface area (Å²) in [7, 11) is 1.25. The molecular weight excluding hydrogens is 436 g/mol. The Morgan fingerprint density at radius 2 is 2.30 bits per heavy atom. The quantitative estimate of drug-likeness (QED) is 0.134. The standard InChI is InChI=1S/C15H14N8O5S2/c1-5-6(3-18-22-17)10(14(26)27)23-12(25)9(13(23)30-5)20-11(24)8(21-28-2)7-4-29-15(16)19-7/h4,9,13H,1,3H2,2H3,(H2,16,19)(H,20,24)(H,26,27)/b21-8-/t9-,13-/m1/s1. The number of carboxylic acid groups (broad SMARTS) is 1. The van der Waals surface area contributed by atoms with Gasteiger partial charge in [-0.1, -0.05) is 28.6 Å². The Labute approximate surface area is 176 Å². The Balaban J connectivity index is 1.85. The highest BCUT2D eigenvalue weighted by Crippen LogP contribution is 2.45. The monoisotopic (exact) mass is 450 g/mol. The Kier molecular flexibility index (Phi) is 5.96. The third-order valence-corrected chi connectivity index (χ3v) is 6.04. The number of anilines is 1. The van der Waals surface area contributed by atoms with Gasteiger partial charge in [-0.3, -0.25) is 14.5 Å². The largest absolute Gasteiger partial charge is 0.477 e. The van der Waals surface area contributed by atoms with Crippen molar-refractivity contribution in [2.24, 2.45) is 10.3 Å². The summed E-state index contributed by atoms with van der Waals surface area (Å²) >= 11 is 2.18. The molecule has 15 heteroatoms. The number of hydrogen-bond acceptors (Lipinski definition) is 10. The number of nitrogens with two attached hydrogens (primary N) is 1. The summed E-state index contributed by atoms with van der Waals surface area (Å²) in [6, 6.07) is -1.03. The number of thiazole rings is 1. The van der Waals surface area contributed by atoms with Crippen LogP contribution in [-0.2, 0) is 19.2 Å². The van der Waals surface area contributed by atoms with Gasteiger partial charge in [0.05, 0.1) is 6.54 Å². The van der Waals surface area contributed by atoms with E-state index in [0.717, 1.165) is 28.0 Å². The number of β-lactam (4-membered cyclic amide) rings is 1. The van der Waals surface area contributed by atoms with E-state index in [4.69, 9.17) is 11.3 Å². The van der Waals surface area contributed by atoms with Crippen LogP contribution in [0.3, 0.4) is 0 Å². The van der Waals surface area contributed by atoms with Gasteiger partial charge >= 0.3 is 5.97 Å². The fourth-order valence-electron chi connectivity index (χ4n) is 2.85. The summed E-state index contributed by atoms with van der Waals surface area (Å²) in [6.07, 6.45) is 0. The number of thioether (sulfide) groups is 1. The van der Waals surface area contributed by atoms with Gasteiger partial charge in [0.2, 0.25) is 0 Å². The van der Waals surface area contributed by atoms with Crippen LogP contribution >= 0.6 is 23.1 Å².